The number of benzene rings is 1. The number of aromatic hydroxyl groups is 1. The molecule has 0 unspecified atom stereocenters. The van der Waals surface area contributed by atoms with Crippen LogP contribution < -0.4 is 15.9 Å². The molecule has 2 rings (SSSR count). The first-order chi connectivity index (χ1) is 10.1. The van der Waals surface area contributed by atoms with Gasteiger partial charge in [-0.1, -0.05) is 5.10 Å². The van der Waals surface area contributed by atoms with Crippen molar-refractivity contribution in [3.8, 4) is 11.5 Å². The molecule has 1 aromatic carbocycles. The van der Waals surface area contributed by atoms with Crippen LogP contribution in [0.5, 0.6) is 11.5 Å². The molecule has 1 amide bonds. The normalized spacial score (nSPS) is 10.7. The average molecular weight is 291 g/mol. The zero-order valence-corrected chi connectivity index (χ0v) is 11.1. The first-order valence-electron chi connectivity index (χ1n) is 5.80. The zero-order valence-electron chi connectivity index (χ0n) is 11.1. The highest BCUT2D eigenvalue weighted by molar-refractivity contribution is 5.83. The van der Waals surface area contributed by atoms with Gasteiger partial charge in [0, 0.05) is 0 Å². The number of carbonyl (C=O) groups is 1. The Balaban J connectivity index is 1.93. The molecule has 0 radical (unpaired) electrons. The number of rotatable bonds is 5. The van der Waals surface area contributed by atoms with E-state index < -0.39 is 5.91 Å². The number of carbonyl (C=O) groups excluding carboxylic acids is 1. The van der Waals surface area contributed by atoms with E-state index >= 15 is 0 Å². The Morgan fingerprint density at radius 1 is 1.62 bits per heavy atom. The van der Waals surface area contributed by atoms with Crippen LogP contribution in [0.15, 0.2) is 23.3 Å². The van der Waals surface area contributed by atoms with Crippen LogP contribution in [0.4, 0.5) is 5.95 Å². The molecule has 10 nitrogen and oxygen atoms in total. The molecule has 1 aromatic heterocycles. The molecule has 0 aliphatic heterocycles. The van der Waals surface area contributed by atoms with Crippen molar-refractivity contribution in [1.29, 1.82) is 0 Å². The summed E-state index contributed by atoms with van der Waals surface area (Å²) in [6, 6.07) is 4.65. The number of ether oxygens (including phenoxy) is 1. The molecular formula is C11H13N7O3. The van der Waals surface area contributed by atoms with Crippen molar-refractivity contribution in [1.82, 2.24) is 25.6 Å². The number of tetrazole rings is 1. The number of nitrogens with two attached hydrogens (primary N) is 1. The molecule has 4 N–H and O–H groups in total. The van der Waals surface area contributed by atoms with Gasteiger partial charge in [-0.3, -0.25) is 4.79 Å². The van der Waals surface area contributed by atoms with E-state index in [1.54, 1.807) is 12.1 Å². The monoisotopic (exact) mass is 291 g/mol. The summed E-state index contributed by atoms with van der Waals surface area (Å²) in [4.78, 5) is 11.6. The van der Waals surface area contributed by atoms with E-state index in [4.69, 9.17) is 10.5 Å². The molecule has 0 atom stereocenters. The number of nitrogens with one attached hydrogen (secondary N) is 1. The number of hydrogen-bond donors (Lipinski definition) is 3. The fourth-order valence-corrected chi connectivity index (χ4v) is 1.45. The summed E-state index contributed by atoms with van der Waals surface area (Å²) < 4.78 is 6.09. The third-order valence-corrected chi connectivity index (χ3v) is 2.46. The van der Waals surface area contributed by atoms with Gasteiger partial charge >= 0.3 is 0 Å². The molecule has 0 fully saturated rings. The van der Waals surface area contributed by atoms with Crippen molar-refractivity contribution >= 4 is 18.1 Å². The summed E-state index contributed by atoms with van der Waals surface area (Å²) >= 11 is 0. The van der Waals surface area contributed by atoms with Gasteiger partial charge in [0.2, 0.25) is 5.95 Å². The molecule has 0 bridgehead atoms. The summed E-state index contributed by atoms with van der Waals surface area (Å²) in [7, 11) is 1.44. The number of nitrogen functional groups attached to an aromatic ring is 1. The smallest absolute Gasteiger partial charge is 0.261 e. The van der Waals surface area contributed by atoms with Crippen molar-refractivity contribution in [3.63, 3.8) is 0 Å². The van der Waals surface area contributed by atoms with Gasteiger partial charge in [-0.25, -0.2) is 10.1 Å². The predicted octanol–water partition coefficient (Wildman–Crippen LogP) is -0.880. The van der Waals surface area contributed by atoms with Crippen LogP contribution in [0, 0.1) is 0 Å². The SMILES string of the molecule is COc1cc(C=NNC(=O)Cn2nnnc2N)ccc1O. The Morgan fingerprint density at radius 2 is 2.43 bits per heavy atom. The number of hydrazone groups is 1. The number of phenolic OH excluding ortho intramolecular Hbond substituents is 1. The number of phenols is 1. The van der Waals surface area contributed by atoms with Gasteiger partial charge in [-0.15, -0.1) is 0 Å². The van der Waals surface area contributed by atoms with E-state index in [9.17, 15) is 9.90 Å². The third-order valence-electron chi connectivity index (χ3n) is 2.46. The lowest BCUT2D eigenvalue weighted by Gasteiger charge is -2.03. The lowest BCUT2D eigenvalue weighted by molar-refractivity contribution is -0.121. The molecule has 0 spiro atoms. The van der Waals surface area contributed by atoms with Crippen LogP contribution in [-0.4, -0.2) is 44.5 Å². The summed E-state index contributed by atoms with van der Waals surface area (Å²) in [6.45, 7) is -0.144. The summed E-state index contributed by atoms with van der Waals surface area (Å²) in [6.07, 6.45) is 1.41. The lowest BCUT2D eigenvalue weighted by atomic mass is 10.2. The topological polar surface area (TPSA) is 141 Å². The molecule has 0 aliphatic rings. The number of aromatic nitrogens is 4. The van der Waals surface area contributed by atoms with Crippen LogP contribution in [0.3, 0.4) is 0 Å². The van der Waals surface area contributed by atoms with Crippen molar-refractivity contribution < 1.29 is 14.6 Å². The minimum atomic E-state index is -0.434. The van der Waals surface area contributed by atoms with Gasteiger partial charge in [-0.05, 0) is 34.2 Å². The highest BCUT2D eigenvalue weighted by atomic mass is 16.5. The molecule has 1 heterocycles. The number of nitrogens with zero attached hydrogens (tertiary/aromatic N) is 5. The van der Waals surface area contributed by atoms with Crippen molar-refractivity contribution in [2.45, 2.75) is 6.54 Å². The Bertz CT molecular complexity index is 668. The predicted molar refractivity (Wildman–Crippen MR) is 72.6 cm³/mol. The molecule has 0 saturated carbocycles. The molecule has 10 heteroatoms. The van der Waals surface area contributed by atoms with E-state index in [0.717, 1.165) is 4.68 Å². The van der Waals surface area contributed by atoms with E-state index in [1.165, 1.54) is 19.4 Å². The minimum Gasteiger partial charge on any atom is -0.504 e. The molecular weight excluding hydrogens is 278 g/mol. The van der Waals surface area contributed by atoms with Crippen LogP contribution in [0.1, 0.15) is 5.56 Å². The van der Waals surface area contributed by atoms with Crippen molar-refractivity contribution in [3.05, 3.63) is 23.8 Å². The Hall–Kier alpha value is -3.17. The third kappa shape index (κ3) is 3.65. The second-order valence-corrected chi connectivity index (χ2v) is 3.92. The fraction of sp³-hybridized carbons (Fsp3) is 0.182. The quantitative estimate of drug-likeness (QED) is 0.480. The van der Waals surface area contributed by atoms with Crippen molar-refractivity contribution in [2.75, 3.05) is 12.8 Å². The second-order valence-electron chi connectivity index (χ2n) is 3.92. The molecule has 0 aliphatic carbocycles. The van der Waals surface area contributed by atoms with Crippen LogP contribution in [0.2, 0.25) is 0 Å². The van der Waals surface area contributed by atoms with Crippen LogP contribution in [0.25, 0.3) is 0 Å². The van der Waals surface area contributed by atoms with Gasteiger partial charge in [0.15, 0.2) is 11.5 Å². The second kappa shape index (κ2) is 6.32. The van der Waals surface area contributed by atoms with Gasteiger partial charge in [0.05, 0.1) is 13.3 Å². The number of amides is 1. The molecule has 110 valence electrons. The molecule has 2 aromatic rings. The number of methoxy groups -OCH3 is 1. The largest absolute Gasteiger partial charge is 0.504 e. The number of hydrogen-bond acceptors (Lipinski definition) is 8. The first kappa shape index (κ1) is 14.2. The van der Waals surface area contributed by atoms with E-state index in [-0.39, 0.29) is 18.2 Å². The van der Waals surface area contributed by atoms with Gasteiger partial charge in [-0.2, -0.15) is 5.10 Å². The van der Waals surface area contributed by atoms with E-state index in [1.807, 2.05) is 0 Å². The van der Waals surface area contributed by atoms with Gasteiger partial charge in [0.25, 0.3) is 5.91 Å². The lowest BCUT2D eigenvalue weighted by Crippen LogP contribution is -2.24. The molecule has 21 heavy (non-hydrogen) atoms. The average Bonchev–Trinajstić information content (AvgIpc) is 2.86. The maximum absolute atomic E-state index is 11.6. The Kier molecular flexibility index (Phi) is 4.29. The van der Waals surface area contributed by atoms with Crippen molar-refractivity contribution in [2.24, 2.45) is 5.10 Å². The zero-order chi connectivity index (χ0) is 15.2. The van der Waals surface area contributed by atoms with Gasteiger partial charge in [0.1, 0.15) is 6.54 Å². The van der Waals surface area contributed by atoms with E-state index in [2.05, 4.69) is 26.1 Å². The summed E-state index contributed by atoms with van der Waals surface area (Å²) in [5.74, 6) is -0.0621. The highest BCUT2D eigenvalue weighted by Crippen LogP contribution is 2.25. The Morgan fingerprint density at radius 3 is 3.10 bits per heavy atom. The summed E-state index contributed by atoms with van der Waals surface area (Å²) in [5.41, 5.74) is 8.37. The first-order valence-corrected chi connectivity index (χ1v) is 5.80. The maximum Gasteiger partial charge on any atom is 0.261 e. The van der Waals surface area contributed by atoms with E-state index in [0.29, 0.717) is 11.3 Å². The number of anilines is 1. The molecule has 0 saturated heterocycles. The highest BCUT2D eigenvalue weighted by Gasteiger charge is 2.06. The fourth-order valence-electron chi connectivity index (χ4n) is 1.45. The summed E-state index contributed by atoms with van der Waals surface area (Å²) in [5, 5.41) is 23.5. The maximum atomic E-state index is 11.6. The minimum absolute atomic E-state index is 0.0212. The standard InChI is InChI=1S/C11H13N7O3/c1-21-9-4-7(2-3-8(9)19)5-13-14-10(20)6-18-11(12)15-16-17-18/h2-5,19H,6H2,1H3,(H,14,20)(H2,12,15,17). The Labute approximate surface area is 119 Å². The van der Waals surface area contributed by atoms with Crippen LogP contribution >= 0.6 is 0 Å². The van der Waals surface area contributed by atoms with Crippen LogP contribution in [-0.2, 0) is 11.3 Å². The van der Waals surface area contributed by atoms with Gasteiger partial charge < -0.3 is 15.6 Å².